The summed E-state index contributed by atoms with van der Waals surface area (Å²) in [6.07, 6.45) is 4.01. The van der Waals surface area contributed by atoms with Gasteiger partial charge in [-0.3, -0.25) is 4.79 Å². The van der Waals surface area contributed by atoms with E-state index in [4.69, 9.17) is 0 Å². The molecule has 3 rings (SSSR count). The Bertz CT molecular complexity index is 565. The van der Waals surface area contributed by atoms with E-state index in [1.54, 1.807) is 11.8 Å². The van der Waals surface area contributed by atoms with Gasteiger partial charge >= 0.3 is 0 Å². The molecule has 0 aliphatic carbocycles. The first-order valence-corrected chi connectivity index (χ1v) is 7.43. The Kier molecular flexibility index (Phi) is 3.60. The summed E-state index contributed by atoms with van der Waals surface area (Å²) in [4.78, 5) is 13.4. The summed E-state index contributed by atoms with van der Waals surface area (Å²) in [6.45, 7) is 1.50. The largest absolute Gasteiger partial charge is 0.354 e. The number of nitrogens with zero attached hydrogens (tertiary/aromatic N) is 1. The minimum atomic E-state index is 0.00543. The zero-order valence-electron chi connectivity index (χ0n) is 10.6. The molecule has 1 aromatic carbocycles. The van der Waals surface area contributed by atoms with Crippen LogP contribution >= 0.6 is 11.8 Å². The Labute approximate surface area is 117 Å². The van der Waals surface area contributed by atoms with Gasteiger partial charge in [0.15, 0.2) is 0 Å². The molecule has 3 nitrogen and oxygen atoms in total. The minimum Gasteiger partial charge on any atom is -0.354 e. The first-order chi connectivity index (χ1) is 9.34. The highest BCUT2D eigenvalue weighted by atomic mass is 32.2. The number of fused-ring (bicyclic) bond motifs is 1. The highest BCUT2D eigenvalue weighted by Gasteiger charge is 2.28. The Morgan fingerprint density at radius 2 is 2.05 bits per heavy atom. The van der Waals surface area contributed by atoms with Crippen molar-refractivity contribution in [2.75, 3.05) is 12.3 Å². The molecular formula is C15H16N2OS. The van der Waals surface area contributed by atoms with Crippen molar-refractivity contribution in [1.82, 2.24) is 9.88 Å². The molecule has 0 spiro atoms. The van der Waals surface area contributed by atoms with Gasteiger partial charge in [0.2, 0.25) is 5.91 Å². The summed E-state index contributed by atoms with van der Waals surface area (Å²) in [5.74, 6) is 1.00. The van der Waals surface area contributed by atoms with Crippen LogP contribution in [0.3, 0.4) is 0 Å². The highest BCUT2D eigenvalue weighted by Crippen LogP contribution is 2.39. The number of hydrogen-bond donors (Lipinski definition) is 1. The third kappa shape index (κ3) is 2.68. The maximum absolute atomic E-state index is 12.2. The number of hydrogen-bond acceptors (Lipinski definition) is 2. The Balaban J connectivity index is 1.57. The van der Waals surface area contributed by atoms with E-state index in [1.165, 1.54) is 10.5 Å². The molecule has 0 radical (unpaired) electrons. The molecule has 1 aromatic heterocycles. The van der Waals surface area contributed by atoms with Gasteiger partial charge in [-0.25, -0.2) is 0 Å². The van der Waals surface area contributed by atoms with Crippen LogP contribution in [-0.4, -0.2) is 22.8 Å². The van der Waals surface area contributed by atoms with Crippen LogP contribution in [0.25, 0.3) is 0 Å². The lowest BCUT2D eigenvalue weighted by Gasteiger charge is -2.12. The number of aromatic nitrogens is 1. The lowest BCUT2D eigenvalue weighted by atomic mass is 10.0. The summed E-state index contributed by atoms with van der Waals surface area (Å²) in [5.41, 5.74) is 1.17. The van der Waals surface area contributed by atoms with E-state index in [9.17, 15) is 4.79 Å². The molecule has 1 N–H and O–H groups in total. The van der Waals surface area contributed by atoms with Crippen molar-refractivity contribution in [1.29, 1.82) is 0 Å². The van der Waals surface area contributed by atoms with Gasteiger partial charge < -0.3 is 9.88 Å². The second-order valence-corrected chi connectivity index (χ2v) is 5.68. The third-order valence-corrected chi connectivity index (χ3v) is 4.53. The molecule has 1 atom stereocenters. The first kappa shape index (κ1) is 12.4. The van der Waals surface area contributed by atoms with Crippen molar-refractivity contribution in [3.05, 3.63) is 54.4 Å². The summed E-state index contributed by atoms with van der Waals surface area (Å²) >= 11 is 1.77. The average Bonchev–Trinajstić information content (AvgIpc) is 3.07. The van der Waals surface area contributed by atoms with Crippen molar-refractivity contribution < 1.29 is 4.79 Å². The van der Waals surface area contributed by atoms with E-state index < -0.39 is 0 Å². The van der Waals surface area contributed by atoms with Crippen molar-refractivity contribution in [2.24, 2.45) is 0 Å². The molecule has 19 heavy (non-hydrogen) atoms. The standard InChI is InChI=1S/C15H16N2OS/c18-15(16-7-10-17-8-3-4-9-17)13-11-19-14-6-2-1-5-12(13)14/h1-6,8-9,13H,7,10-11H2,(H,16,18)/t13-/m1/s1. The Morgan fingerprint density at radius 1 is 1.26 bits per heavy atom. The molecule has 0 saturated heterocycles. The van der Waals surface area contributed by atoms with Crippen LogP contribution < -0.4 is 5.32 Å². The van der Waals surface area contributed by atoms with Gasteiger partial charge in [-0.2, -0.15) is 0 Å². The predicted octanol–water partition coefficient (Wildman–Crippen LogP) is 2.49. The number of nitrogens with one attached hydrogen (secondary N) is 1. The zero-order chi connectivity index (χ0) is 13.1. The van der Waals surface area contributed by atoms with Gasteiger partial charge in [0.05, 0.1) is 5.92 Å². The van der Waals surface area contributed by atoms with Crippen molar-refractivity contribution in [3.8, 4) is 0 Å². The summed E-state index contributed by atoms with van der Waals surface area (Å²) in [7, 11) is 0. The van der Waals surface area contributed by atoms with Gasteiger partial charge in [-0.1, -0.05) is 18.2 Å². The minimum absolute atomic E-state index is 0.00543. The molecule has 0 fully saturated rings. The molecule has 2 aromatic rings. The summed E-state index contributed by atoms with van der Waals surface area (Å²) < 4.78 is 2.07. The normalized spacial score (nSPS) is 17.2. The fraction of sp³-hybridized carbons (Fsp3) is 0.267. The number of carbonyl (C=O) groups is 1. The summed E-state index contributed by atoms with van der Waals surface area (Å²) in [6, 6.07) is 12.2. The van der Waals surface area contributed by atoms with Crippen LogP contribution in [0, 0.1) is 0 Å². The lowest BCUT2D eigenvalue weighted by Crippen LogP contribution is -2.31. The van der Waals surface area contributed by atoms with E-state index in [0.29, 0.717) is 6.54 Å². The number of benzene rings is 1. The SMILES string of the molecule is O=C(NCCn1cccc1)[C@@H]1CSc2ccccc21. The van der Waals surface area contributed by atoms with Crippen LogP contribution in [0.2, 0.25) is 0 Å². The highest BCUT2D eigenvalue weighted by molar-refractivity contribution is 7.99. The van der Waals surface area contributed by atoms with Crippen molar-refractivity contribution in [2.45, 2.75) is 17.4 Å². The molecular weight excluding hydrogens is 256 g/mol. The van der Waals surface area contributed by atoms with Gasteiger partial charge in [-0.05, 0) is 23.8 Å². The average molecular weight is 272 g/mol. The molecule has 98 valence electrons. The predicted molar refractivity (Wildman–Crippen MR) is 77.3 cm³/mol. The van der Waals surface area contributed by atoms with Gasteiger partial charge in [-0.15, -0.1) is 11.8 Å². The maximum atomic E-state index is 12.2. The maximum Gasteiger partial charge on any atom is 0.228 e. The first-order valence-electron chi connectivity index (χ1n) is 6.45. The van der Waals surface area contributed by atoms with Crippen LogP contribution in [0.15, 0.2) is 53.7 Å². The Hall–Kier alpha value is -1.68. The van der Waals surface area contributed by atoms with E-state index in [-0.39, 0.29) is 11.8 Å². The molecule has 1 amide bonds. The monoisotopic (exact) mass is 272 g/mol. The van der Waals surface area contributed by atoms with E-state index in [2.05, 4.69) is 22.0 Å². The smallest absolute Gasteiger partial charge is 0.228 e. The van der Waals surface area contributed by atoms with Crippen molar-refractivity contribution >= 4 is 17.7 Å². The van der Waals surface area contributed by atoms with Gasteiger partial charge in [0.1, 0.15) is 0 Å². The fourth-order valence-corrected chi connectivity index (χ4v) is 3.56. The molecule has 1 aliphatic rings. The molecule has 0 saturated carbocycles. The van der Waals surface area contributed by atoms with Crippen LogP contribution in [0.5, 0.6) is 0 Å². The number of thioether (sulfide) groups is 1. The zero-order valence-corrected chi connectivity index (χ0v) is 11.4. The molecule has 2 heterocycles. The van der Waals surface area contributed by atoms with Crippen LogP contribution in [-0.2, 0) is 11.3 Å². The molecule has 4 heteroatoms. The van der Waals surface area contributed by atoms with E-state index in [1.807, 2.05) is 36.7 Å². The van der Waals surface area contributed by atoms with E-state index in [0.717, 1.165) is 12.3 Å². The number of rotatable bonds is 4. The second kappa shape index (κ2) is 5.53. The fourth-order valence-electron chi connectivity index (χ4n) is 2.33. The topological polar surface area (TPSA) is 34.0 Å². The lowest BCUT2D eigenvalue weighted by molar-refractivity contribution is -0.122. The van der Waals surface area contributed by atoms with Gasteiger partial charge in [0.25, 0.3) is 0 Å². The molecule has 0 unspecified atom stereocenters. The Morgan fingerprint density at radius 3 is 2.89 bits per heavy atom. The van der Waals surface area contributed by atoms with Crippen LogP contribution in [0.4, 0.5) is 0 Å². The third-order valence-electron chi connectivity index (χ3n) is 3.35. The molecule has 0 bridgehead atoms. The molecule has 1 aliphatic heterocycles. The quantitative estimate of drug-likeness (QED) is 0.928. The van der Waals surface area contributed by atoms with Crippen LogP contribution in [0.1, 0.15) is 11.5 Å². The van der Waals surface area contributed by atoms with Crippen molar-refractivity contribution in [3.63, 3.8) is 0 Å². The number of carbonyl (C=O) groups excluding carboxylic acids is 1. The second-order valence-electron chi connectivity index (χ2n) is 4.61. The summed E-state index contributed by atoms with van der Waals surface area (Å²) in [5, 5.41) is 3.03. The van der Waals surface area contributed by atoms with Gasteiger partial charge in [0, 0.05) is 36.1 Å². The van der Waals surface area contributed by atoms with E-state index >= 15 is 0 Å². The number of amides is 1.